The Hall–Kier alpha value is -2.04. The fourth-order valence-corrected chi connectivity index (χ4v) is 2.19. The van der Waals surface area contributed by atoms with Crippen molar-refractivity contribution >= 4 is 11.9 Å². The smallest absolute Gasteiger partial charge is 0.307 e. The SMILES string of the molecule is COc1ccccc1CN(C)C(=O)[C@@H]1C[C@H]1C(=O)O. The molecule has 102 valence electrons. The molecule has 2 rings (SSSR count). The van der Waals surface area contributed by atoms with Crippen LogP contribution in [0, 0.1) is 11.8 Å². The molecule has 5 heteroatoms. The fourth-order valence-electron chi connectivity index (χ4n) is 2.19. The molecule has 0 radical (unpaired) electrons. The highest BCUT2D eigenvalue weighted by Crippen LogP contribution is 2.40. The van der Waals surface area contributed by atoms with Crippen molar-refractivity contribution in [2.45, 2.75) is 13.0 Å². The van der Waals surface area contributed by atoms with Gasteiger partial charge in [-0.15, -0.1) is 0 Å². The highest BCUT2D eigenvalue weighted by molar-refractivity contribution is 5.89. The molecule has 19 heavy (non-hydrogen) atoms. The summed E-state index contributed by atoms with van der Waals surface area (Å²) in [4.78, 5) is 24.4. The summed E-state index contributed by atoms with van der Waals surface area (Å²) in [5.41, 5.74) is 0.911. The van der Waals surface area contributed by atoms with Crippen LogP contribution in [0.5, 0.6) is 5.75 Å². The van der Waals surface area contributed by atoms with Gasteiger partial charge in [0.25, 0.3) is 0 Å². The number of hydrogen-bond donors (Lipinski definition) is 1. The molecule has 0 spiro atoms. The Morgan fingerprint density at radius 1 is 1.37 bits per heavy atom. The van der Waals surface area contributed by atoms with Gasteiger partial charge in [-0.2, -0.15) is 0 Å². The average Bonchev–Trinajstić information content (AvgIpc) is 3.18. The fraction of sp³-hybridized carbons (Fsp3) is 0.429. The Labute approximate surface area is 111 Å². The van der Waals surface area contributed by atoms with Crippen molar-refractivity contribution in [1.82, 2.24) is 4.90 Å². The second-order valence-electron chi connectivity index (χ2n) is 4.79. The molecule has 0 aromatic heterocycles. The van der Waals surface area contributed by atoms with E-state index in [1.807, 2.05) is 24.3 Å². The van der Waals surface area contributed by atoms with Gasteiger partial charge in [0, 0.05) is 19.2 Å². The van der Waals surface area contributed by atoms with E-state index in [-0.39, 0.29) is 11.8 Å². The van der Waals surface area contributed by atoms with E-state index < -0.39 is 11.9 Å². The molecule has 1 saturated carbocycles. The Morgan fingerprint density at radius 3 is 2.63 bits per heavy atom. The van der Waals surface area contributed by atoms with E-state index in [1.54, 1.807) is 19.1 Å². The zero-order valence-electron chi connectivity index (χ0n) is 11.0. The Bertz CT molecular complexity index is 500. The van der Waals surface area contributed by atoms with Crippen molar-refractivity contribution in [1.29, 1.82) is 0 Å². The van der Waals surface area contributed by atoms with Crippen LogP contribution >= 0.6 is 0 Å². The number of carboxylic acids is 1. The predicted octanol–water partition coefficient (Wildman–Crippen LogP) is 1.37. The molecule has 1 aliphatic carbocycles. The summed E-state index contributed by atoms with van der Waals surface area (Å²) in [7, 11) is 3.27. The Balaban J connectivity index is 1.99. The third-order valence-corrected chi connectivity index (χ3v) is 3.40. The number of carbonyl (C=O) groups excluding carboxylic acids is 1. The van der Waals surface area contributed by atoms with Crippen LogP contribution in [-0.4, -0.2) is 36.0 Å². The molecule has 5 nitrogen and oxygen atoms in total. The zero-order chi connectivity index (χ0) is 14.0. The number of hydrogen-bond acceptors (Lipinski definition) is 3. The van der Waals surface area contributed by atoms with Gasteiger partial charge in [-0.1, -0.05) is 18.2 Å². The van der Waals surface area contributed by atoms with Gasteiger partial charge in [-0.3, -0.25) is 9.59 Å². The Kier molecular flexibility index (Phi) is 3.74. The molecular formula is C14H17NO4. The molecule has 1 aliphatic rings. The zero-order valence-corrected chi connectivity index (χ0v) is 11.0. The first-order valence-electron chi connectivity index (χ1n) is 6.14. The third-order valence-electron chi connectivity index (χ3n) is 3.40. The summed E-state index contributed by atoms with van der Waals surface area (Å²) in [5, 5.41) is 8.84. The van der Waals surface area contributed by atoms with E-state index in [0.717, 1.165) is 11.3 Å². The Morgan fingerprint density at radius 2 is 2.05 bits per heavy atom. The highest BCUT2D eigenvalue weighted by atomic mass is 16.5. The van der Waals surface area contributed by atoms with E-state index in [4.69, 9.17) is 9.84 Å². The molecule has 0 aliphatic heterocycles. The number of rotatable bonds is 5. The van der Waals surface area contributed by atoms with Crippen LogP contribution in [0.1, 0.15) is 12.0 Å². The first-order valence-corrected chi connectivity index (χ1v) is 6.14. The van der Waals surface area contributed by atoms with Gasteiger partial charge >= 0.3 is 5.97 Å². The van der Waals surface area contributed by atoms with Gasteiger partial charge in [0.05, 0.1) is 18.9 Å². The van der Waals surface area contributed by atoms with Crippen LogP contribution in [0.15, 0.2) is 24.3 Å². The van der Waals surface area contributed by atoms with E-state index in [0.29, 0.717) is 13.0 Å². The number of aliphatic carboxylic acids is 1. The van der Waals surface area contributed by atoms with Gasteiger partial charge < -0.3 is 14.7 Å². The molecule has 1 aromatic rings. The molecule has 0 unspecified atom stereocenters. The standard InChI is InChI=1S/C14H17NO4/c1-15(13(16)10-7-11(10)14(17)18)8-9-5-3-4-6-12(9)19-2/h3-6,10-11H,7-8H2,1-2H3,(H,17,18)/t10-,11-/m1/s1. The minimum absolute atomic E-state index is 0.113. The lowest BCUT2D eigenvalue weighted by atomic mass is 10.2. The number of ether oxygens (including phenoxy) is 1. The quantitative estimate of drug-likeness (QED) is 0.871. The van der Waals surface area contributed by atoms with Crippen LogP contribution in [0.25, 0.3) is 0 Å². The van der Waals surface area contributed by atoms with E-state index in [1.165, 1.54) is 0 Å². The van der Waals surface area contributed by atoms with Crippen molar-refractivity contribution in [3.63, 3.8) is 0 Å². The summed E-state index contributed by atoms with van der Waals surface area (Å²) in [6, 6.07) is 7.48. The lowest BCUT2D eigenvalue weighted by molar-refractivity contribution is -0.141. The highest BCUT2D eigenvalue weighted by Gasteiger charge is 2.49. The molecule has 1 fully saturated rings. The van der Waals surface area contributed by atoms with E-state index in [2.05, 4.69) is 0 Å². The summed E-state index contributed by atoms with van der Waals surface area (Å²) < 4.78 is 5.23. The number of para-hydroxylation sites is 1. The normalized spacial score (nSPS) is 20.7. The summed E-state index contributed by atoms with van der Waals surface area (Å²) in [6.07, 6.45) is 0.449. The summed E-state index contributed by atoms with van der Waals surface area (Å²) in [6.45, 7) is 0.422. The number of methoxy groups -OCH3 is 1. The lowest BCUT2D eigenvalue weighted by Gasteiger charge is -2.18. The monoisotopic (exact) mass is 263 g/mol. The van der Waals surface area contributed by atoms with E-state index >= 15 is 0 Å². The molecule has 2 atom stereocenters. The van der Waals surface area contributed by atoms with Crippen LogP contribution in [0.2, 0.25) is 0 Å². The molecule has 1 amide bonds. The first-order chi connectivity index (χ1) is 9.04. The number of carboxylic acid groups (broad SMARTS) is 1. The van der Waals surface area contributed by atoms with Crippen molar-refractivity contribution < 1.29 is 19.4 Å². The largest absolute Gasteiger partial charge is 0.496 e. The average molecular weight is 263 g/mol. The minimum Gasteiger partial charge on any atom is -0.496 e. The first kappa shape index (κ1) is 13.4. The van der Waals surface area contributed by atoms with Crippen LogP contribution in [0.3, 0.4) is 0 Å². The van der Waals surface area contributed by atoms with Crippen molar-refractivity contribution in [2.24, 2.45) is 11.8 Å². The lowest BCUT2D eigenvalue weighted by Crippen LogP contribution is -2.29. The minimum atomic E-state index is -0.885. The van der Waals surface area contributed by atoms with Gasteiger partial charge in [-0.25, -0.2) is 0 Å². The summed E-state index contributed by atoms with van der Waals surface area (Å²) in [5.74, 6) is -1.14. The van der Waals surface area contributed by atoms with Gasteiger partial charge in [0.2, 0.25) is 5.91 Å². The molecule has 0 bridgehead atoms. The molecule has 1 aromatic carbocycles. The molecule has 0 heterocycles. The van der Waals surface area contributed by atoms with Crippen LogP contribution < -0.4 is 4.74 Å². The number of nitrogens with zero attached hydrogens (tertiary/aromatic N) is 1. The van der Waals surface area contributed by atoms with E-state index in [9.17, 15) is 9.59 Å². The van der Waals surface area contributed by atoms with Crippen molar-refractivity contribution in [3.05, 3.63) is 29.8 Å². The topological polar surface area (TPSA) is 66.8 Å². The molecule has 1 N–H and O–H groups in total. The second kappa shape index (κ2) is 5.30. The maximum absolute atomic E-state index is 12.0. The number of carbonyl (C=O) groups is 2. The van der Waals surface area contributed by atoms with Crippen molar-refractivity contribution in [3.8, 4) is 5.75 Å². The predicted molar refractivity (Wildman–Crippen MR) is 68.7 cm³/mol. The number of benzene rings is 1. The summed E-state index contributed by atoms with van der Waals surface area (Å²) >= 11 is 0. The van der Waals surface area contributed by atoms with Crippen LogP contribution in [-0.2, 0) is 16.1 Å². The number of amides is 1. The van der Waals surface area contributed by atoms with Gasteiger partial charge in [0.15, 0.2) is 0 Å². The maximum Gasteiger partial charge on any atom is 0.307 e. The molecular weight excluding hydrogens is 246 g/mol. The van der Waals surface area contributed by atoms with Gasteiger partial charge in [0.1, 0.15) is 5.75 Å². The third kappa shape index (κ3) is 2.86. The van der Waals surface area contributed by atoms with Crippen molar-refractivity contribution in [2.75, 3.05) is 14.2 Å². The van der Waals surface area contributed by atoms with Gasteiger partial charge in [-0.05, 0) is 12.5 Å². The second-order valence-corrected chi connectivity index (χ2v) is 4.79. The molecule has 0 saturated heterocycles. The maximum atomic E-state index is 12.0. The van der Waals surface area contributed by atoms with Crippen LogP contribution in [0.4, 0.5) is 0 Å².